The third kappa shape index (κ3) is 2.31. The van der Waals surface area contributed by atoms with Crippen LogP contribution in [-0.2, 0) is 4.79 Å². The highest BCUT2D eigenvalue weighted by atomic mass is 16.2. The average molecular weight is 177 g/mol. The number of amides is 1. The standard InChI is InChI=1S/C11H15NO/c1-3-6-10(7-4-2)12-9-5-8-11(12)13/h3-4,6-7H,1,5,8-9H2,2H3. The molecule has 2 heteroatoms. The van der Waals surface area contributed by atoms with Crippen LogP contribution in [-0.4, -0.2) is 17.4 Å². The van der Waals surface area contributed by atoms with Gasteiger partial charge in [0, 0.05) is 18.7 Å². The summed E-state index contributed by atoms with van der Waals surface area (Å²) in [5, 5.41) is 0. The van der Waals surface area contributed by atoms with Crippen molar-refractivity contribution in [1.82, 2.24) is 4.90 Å². The van der Waals surface area contributed by atoms with Gasteiger partial charge in [0.1, 0.15) is 0 Å². The van der Waals surface area contributed by atoms with Crippen LogP contribution in [0, 0.1) is 0 Å². The Bertz CT molecular complexity index is 263. The summed E-state index contributed by atoms with van der Waals surface area (Å²) in [6.45, 7) is 6.41. The topological polar surface area (TPSA) is 20.3 Å². The van der Waals surface area contributed by atoms with Crippen LogP contribution in [0.5, 0.6) is 0 Å². The molecule has 0 N–H and O–H groups in total. The monoisotopic (exact) mass is 177 g/mol. The van der Waals surface area contributed by atoms with Crippen LogP contribution in [0.4, 0.5) is 0 Å². The maximum absolute atomic E-state index is 11.4. The summed E-state index contributed by atoms with van der Waals surface area (Å²) in [6, 6.07) is 0. The Balaban J connectivity index is 2.80. The van der Waals surface area contributed by atoms with Crippen molar-refractivity contribution < 1.29 is 4.79 Å². The molecule has 0 radical (unpaired) electrons. The number of nitrogens with zero attached hydrogens (tertiary/aromatic N) is 1. The molecule has 0 unspecified atom stereocenters. The predicted molar refractivity (Wildman–Crippen MR) is 54.0 cm³/mol. The molecule has 0 aromatic rings. The first kappa shape index (κ1) is 9.78. The molecule has 1 amide bonds. The summed E-state index contributed by atoms with van der Waals surface area (Å²) in [6.07, 6.45) is 9.08. The van der Waals surface area contributed by atoms with Gasteiger partial charge in [-0.2, -0.15) is 0 Å². The minimum Gasteiger partial charge on any atom is -0.312 e. The molecular weight excluding hydrogens is 162 g/mol. The molecule has 1 heterocycles. The van der Waals surface area contributed by atoms with Crippen LogP contribution in [0.25, 0.3) is 0 Å². The number of carbonyl (C=O) groups is 1. The second-order valence-corrected chi connectivity index (χ2v) is 2.98. The van der Waals surface area contributed by atoms with E-state index in [1.807, 2.05) is 30.1 Å². The zero-order chi connectivity index (χ0) is 9.68. The zero-order valence-corrected chi connectivity index (χ0v) is 7.99. The van der Waals surface area contributed by atoms with Crippen LogP contribution < -0.4 is 0 Å². The molecule has 1 saturated heterocycles. The van der Waals surface area contributed by atoms with Crippen molar-refractivity contribution in [3.8, 4) is 0 Å². The number of rotatable bonds is 3. The smallest absolute Gasteiger partial charge is 0.227 e. The van der Waals surface area contributed by atoms with Gasteiger partial charge in [0.2, 0.25) is 5.91 Å². The van der Waals surface area contributed by atoms with Crippen molar-refractivity contribution in [2.45, 2.75) is 19.8 Å². The molecule has 70 valence electrons. The molecule has 0 spiro atoms. The first-order valence-electron chi connectivity index (χ1n) is 4.55. The van der Waals surface area contributed by atoms with E-state index in [2.05, 4.69) is 6.58 Å². The number of allylic oxidation sites excluding steroid dienone is 4. The lowest BCUT2D eigenvalue weighted by molar-refractivity contribution is -0.125. The second-order valence-electron chi connectivity index (χ2n) is 2.98. The van der Waals surface area contributed by atoms with Gasteiger partial charge in [0.15, 0.2) is 0 Å². The molecule has 0 aliphatic carbocycles. The first-order valence-corrected chi connectivity index (χ1v) is 4.55. The molecule has 1 aliphatic heterocycles. The molecule has 1 aliphatic rings. The minimum absolute atomic E-state index is 0.214. The highest BCUT2D eigenvalue weighted by Crippen LogP contribution is 2.17. The number of likely N-dealkylation sites (tertiary alicyclic amines) is 1. The third-order valence-corrected chi connectivity index (χ3v) is 2.01. The largest absolute Gasteiger partial charge is 0.312 e. The van der Waals surface area contributed by atoms with E-state index in [9.17, 15) is 4.79 Å². The van der Waals surface area contributed by atoms with Gasteiger partial charge in [-0.25, -0.2) is 0 Å². The van der Waals surface area contributed by atoms with Gasteiger partial charge in [0.05, 0.1) is 0 Å². The number of hydrogen-bond acceptors (Lipinski definition) is 1. The Morgan fingerprint density at radius 3 is 2.85 bits per heavy atom. The van der Waals surface area contributed by atoms with E-state index in [4.69, 9.17) is 0 Å². The van der Waals surface area contributed by atoms with Crippen molar-refractivity contribution in [3.63, 3.8) is 0 Å². The van der Waals surface area contributed by atoms with E-state index in [0.717, 1.165) is 18.7 Å². The summed E-state index contributed by atoms with van der Waals surface area (Å²) >= 11 is 0. The highest BCUT2D eigenvalue weighted by molar-refractivity contribution is 5.80. The van der Waals surface area contributed by atoms with Gasteiger partial charge in [-0.3, -0.25) is 4.79 Å². The fourth-order valence-corrected chi connectivity index (χ4v) is 1.45. The lowest BCUT2D eigenvalue weighted by Gasteiger charge is -2.16. The first-order chi connectivity index (χ1) is 6.29. The van der Waals surface area contributed by atoms with Gasteiger partial charge < -0.3 is 4.90 Å². The molecular formula is C11H15NO. The molecule has 1 fully saturated rings. The van der Waals surface area contributed by atoms with Crippen molar-refractivity contribution in [2.24, 2.45) is 0 Å². The van der Waals surface area contributed by atoms with Crippen LogP contribution >= 0.6 is 0 Å². The molecule has 0 atom stereocenters. The molecule has 1 rings (SSSR count). The van der Waals surface area contributed by atoms with E-state index in [-0.39, 0.29) is 5.91 Å². The van der Waals surface area contributed by atoms with Gasteiger partial charge in [-0.05, 0) is 25.5 Å². The van der Waals surface area contributed by atoms with Crippen molar-refractivity contribution in [1.29, 1.82) is 0 Å². The van der Waals surface area contributed by atoms with Crippen LogP contribution in [0.2, 0.25) is 0 Å². The average Bonchev–Trinajstić information content (AvgIpc) is 2.51. The van der Waals surface area contributed by atoms with Crippen molar-refractivity contribution in [3.05, 3.63) is 36.6 Å². The SMILES string of the molecule is C=CC=C(C=CC)N1CCCC1=O. The summed E-state index contributed by atoms with van der Waals surface area (Å²) in [5.41, 5.74) is 0.944. The van der Waals surface area contributed by atoms with E-state index >= 15 is 0 Å². The molecule has 2 nitrogen and oxygen atoms in total. The Labute approximate surface area is 79.2 Å². The fraction of sp³-hybridized carbons (Fsp3) is 0.364. The van der Waals surface area contributed by atoms with E-state index in [1.165, 1.54) is 0 Å². The van der Waals surface area contributed by atoms with Crippen molar-refractivity contribution >= 4 is 5.91 Å². The Hall–Kier alpha value is -1.31. The van der Waals surface area contributed by atoms with Gasteiger partial charge in [-0.15, -0.1) is 0 Å². The molecule has 0 aromatic heterocycles. The summed E-state index contributed by atoms with van der Waals surface area (Å²) in [4.78, 5) is 13.2. The minimum atomic E-state index is 0.214. The predicted octanol–water partition coefficient (Wildman–Crippen LogP) is 2.25. The third-order valence-electron chi connectivity index (χ3n) is 2.01. The lowest BCUT2D eigenvalue weighted by atomic mass is 10.3. The zero-order valence-electron chi connectivity index (χ0n) is 7.99. The van der Waals surface area contributed by atoms with E-state index < -0.39 is 0 Å². The summed E-state index contributed by atoms with van der Waals surface area (Å²) < 4.78 is 0. The quantitative estimate of drug-likeness (QED) is 0.605. The Kier molecular flexibility index (Phi) is 3.50. The lowest BCUT2D eigenvalue weighted by Crippen LogP contribution is -2.22. The van der Waals surface area contributed by atoms with Crippen LogP contribution in [0.3, 0.4) is 0 Å². The molecule has 0 aromatic carbocycles. The number of hydrogen-bond donors (Lipinski definition) is 0. The Morgan fingerprint density at radius 2 is 2.38 bits per heavy atom. The van der Waals surface area contributed by atoms with Crippen LogP contribution in [0.15, 0.2) is 36.6 Å². The van der Waals surface area contributed by atoms with Gasteiger partial charge in [0.25, 0.3) is 0 Å². The normalized spacial score (nSPS) is 18.7. The van der Waals surface area contributed by atoms with E-state index in [1.54, 1.807) is 6.08 Å². The van der Waals surface area contributed by atoms with Gasteiger partial charge >= 0.3 is 0 Å². The molecule has 0 bridgehead atoms. The van der Waals surface area contributed by atoms with Crippen molar-refractivity contribution in [2.75, 3.05) is 6.54 Å². The maximum atomic E-state index is 11.4. The maximum Gasteiger partial charge on any atom is 0.227 e. The van der Waals surface area contributed by atoms with E-state index in [0.29, 0.717) is 6.42 Å². The Morgan fingerprint density at radius 1 is 1.62 bits per heavy atom. The molecule has 13 heavy (non-hydrogen) atoms. The molecule has 0 saturated carbocycles. The summed E-state index contributed by atoms with van der Waals surface area (Å²) in [5.74, 6) is 0.214. The second kappa shape index (κ2) is 4.65. The number of carbonyl (C=O) groups excluding carboxylic acids is 1. The van der Waals surface area contributed by atoms with Crippen LogP contribution in [0.1, 0.15) is 19.8 Å². The highest BCUT2D eigenvalue weighted by Gasteiger charge is 2.21. The summed E-state index contributed by atoms with van der Waals surface area (Å²) in [7, 11) is 0. The fourth-order valence-electron chi connectivity index (χ4n) is 1.45. The van der Waals surface area contributed by atoms with Gasteiger partial charge in [-0.1, -0.05) is 18.7 Å².